The van der Waals surface area contributed by atoms with Crippen LogP contribution in [-0.4, -0.2) is 0 Å². The van der Waals surface area contributed by atoms with Gasteiger partial charge in [-0.05, 0) is 54.3 Å². The first-order chi connectivity index (χ1) is 9.49. The Labute approximate surface area is 125 Å². The SMILES string of the molecule is Cc1ccc(C(Cc2cc(F)cc(Br)c2)NN)cc1F. The van der Waals surface area contributed by atoms with Crippen LogP contribution in [0.3, 0.4) is 0 Å². The Hall–Kier alpha value is -1.30. The van der Waals surface area contributed by atoms with E-state index in [0.29, 0.717) is 16.5 Å². The average molecular weight is 341 g/mol. The largest absolute Gasteiger partial charge is 0.271 e. The molecule has 0 aliphatic heterocycles. The van der Waals surface area contributed by atoms with Crippen LogP contribution in [0.25, 0.3) is 0 Å². The van der Waals surface area contributed by atoms with Crippen molar-refractivity contribution in [2.24, 2.45) is 5.84 Å². The first kappa shape index (κ1) is 15.1. The van der Waals surface area contributed by atoms with E-state index in [1.165, 1.54) is 18.2 Å². The topological polar surface area (TPSA) is 38.0 Å². The fourth-order valence-electron chi connectivity index (χ4n) is 2.06. The van der Waals surface area contributed by atoms with Gasteiger partial charge in [0.15, 0.2) is 0 Å². The highest BCUT2D eigenvalue weighted by Crippen LogP contribution is 2.23. The van der Waals surface area contributed by atoms with E-state index in [4.69, 9.17) is 5.84 Å². The van der Waals surface area contributed by atoms with Crippen molar-refractivity contribution < 1.29 is 8.78 Å². The molecule has 1 unspecified atom stereocenters. The summed E-state index contributed by atoms with van der Waals surface area (Å²) >= 11 is 3.25. The van der Waals surface area contributed by atoms with Gasteiger partial charge in [0.05, 0.1) is 6.04 Å². The van der Waals surface area contributed by atoms with Crippen LogP contribution in [0.5, 0.6) is 0 Å². The number of hydrogen-bond acceptors (Lipinski definition) is 2. The van der Waals surface area contributed by atoms with Crippen molar-refractivity contribution in [1.82, 2.24) is 5.43 Å². The molecule has 2 aromatic rings. The standard InChI is InChI=1S/C15H15BrF2N2/c1-9-2-3-11(7-14(9)18)15(20-19)6-10-4-12(16)8-13(17)5-10/h2-5,7-8,15,20H,6,19H2,1H3. The highest BCUT2D eigenvalue weighted by Gasteiger charge is 2.13. The number of nitrogens with two attached hydrogens (primary N) is 1. The number of benzene rings is 2. The van der Waals surface area contributed by atoms with E-state index < -0.39 is 0 Å². The van der Waals surface area contributed by atoms with Crippen molar-refractivity contribution in [2.75, 3.05) is 0 Å². The van der Waals surface area contributed by atoms with Crippen molar-refractivity contribution in [2.45, 2.75) is 19.4 Å². The normalized spacial score (nSPS) is 12.4. The number of rotatable bonds is 4. The van der Waals surface area contributed by atoms with E-state index in [1.807, 2.05) is 12.1 Å². The molecule has 2 rings (SSSR count). The van der Waals surface area contributed by atoms with Crippen molar-refractivity contribution in [3.63, 3.8) is 0 Å². The van der Waals surface area contributed by atoms with E-state index in [1.54, 1.807) is 13.0 Å². The molecule has 0 bridgehead atoms. The number of nitrogens with one attached hydrogen (secondary N) is 1. The Bertz CT molecular complexity index is 597. The lowest BCUT2D eigenvalue weighted by Crippen LogP contribution is -2.29. The molecule has 0 fully saturated rings. The van der Waals surface area contributed by atoms with Gasteiger partial charge in [-0.25, -0.2) is 8.78 Å². The molecule has 0 spiro atoms. The van der Waals surface area contributed by atoms with Gasteiger partial charge < -0.3 is 0 Å². The zero-order chi connectivity index (χ0) is 14.7. The van der Waals surface area contributed by atoms with Crippen LogP contribution in [-0.2, 0) is 6.42 Å². The quantitative estimate of drug-likeness (QED) is 0.656. The zero-order valence-electron chi connectivity index (χ0n) is 11.0. The van der Waals surface area contributed by atoms with E-state index in [0.717, 1.165) is 11.1 Å². The molecule has 0 radical (unpaired) electrons. The Balaban J connectivity index is 2.26. The zero-order valence-corrected chi connectivity index (χ0v) is 12.5. The maximum absolute atomic E-state index is 13.6. The van der Waals surface area contributed by atoms with Gasteiger partial charge >= 0.3 is 0 Å². The minimum Gasteiger partial charge on any atom is -0.271 e. The van der Waals surface area contributed by atoms with Gasteiger partial charge in [-0.3, -0.25) is 11.3 Å². The second kappa shape index (κ2) is 6.43. The van der Waals surface area contributed by atoms with Crippen molar-refractivity contribution in [3.8, 4) is 0 Å². The van der Waals surface area contributed by atoms with Crippen molar-refractivity contribution in [3.05, 3.63) is 69.2 Å². The number of hydrogen-bond donors (Lipinski definition) is 2. The van der Waals surface area contributed by atoms with E-state index in [-0.39, 0.29) is 17.7 Å². The minimum atomic E-state index is -0.319. The van der Waals surface area contributed by atoms with Gasteiger partial charge in [0.25, 0.3) is 0 Å². The highest BCUT2D eigenvalue weighted by molar-refractivity contribution is 9.10. The molecule has 5 heteroatoms. The lowest BCUT2D eigenvalue weighted by atomic mass is 9.98. The van der Waals surface area contributed by atoms with Gasteiger partial charge in [-0.15, -0.1) is 0 Å². The molecule has 0 amide bonds. The first-order valence-electron chi connectivity index (χ1n) is 6.16. The minimum absolute atomic E-state index is 0.275. The summed E-state index contributed by atoms with van der Waals surface area (Å²) in [6.45, 7) is 1.70. The van der Waals surface area contributed by atoms with Crippen LogP contribution in [0.2, 0.25) is 0 Å². The smallest absolute Gasteiger partial charge is 0.126 e. The van der Waals surface area contributed by atoms with Crippen molar-refractivity contribution >= 4 is 15.9 Å². The van der Waals surface area contributed by atoms with Gasteiger partial charge in [-0.1, -0.05) is 28.1 Å². The van der Waals surface area contributed by atoms with E-state index >= 15 is 0 Å². The van der Waals surface area contributed by atoms with E-state index in [2.05, 4.69) is 21.4 Å². The Kier molecular flexibility index (Phi) is 4.86. The third-order valence-corrected chi connectivity index (χ3v) is 3.62. The van der Waals surface area contributed by atoms with Gasteiger partial charge in [0.2, 0.25) is 0 Å². The molecule has 0 saturated carbocycles. The molecule has 3 N–H and O–H groups in total. The second-order valence-electron chi connectivity index (χ2n) is 4.71. The summed E-state index contributed by atoms with van der Waals surface area (Å²) in [6, 6.07) is 9.35. The maximum atomic E-state index is 13.6. The molecule has 0 saturated heterocycles. The van der Waals surface area contributed by atoms with Crippen LogP contribution < -0.4 is 11.3 Å². The van der Waals surface area contributed by atoms with Crippen LogP contribution in [0.4, 0.5) is 8.78 Å². The third-order valence-electron chi connectivity index (χ3n) is 3.16. The second-order valence-corrected chi connectivity index (χ2v) is 5.63. The van der Waals surface area contributed by atoms with E-state index in [9.17, 15) is 8.78 Å². The lowest BCUT2D eigenvalue weighted by molar-refractivity contribution is 0.540. The molecular weight excluding hydrogens is 326 g/mol. The molecule has 1 atom stereocenters. The predicted molar refractivity (Wildman–Crippen MR) is 79.0 cm³/mol. The summed E-state index contributed by atoms with van der Waals surface area (Å²) < 4.78 is 27.6. The van der Waals surface area contributed by atoms with Crippen LogP contribution in [0.15, 0.2) is 40.9 Å². The van der Waals surface area contributed by atoms with Gasteiger partial charge in [0, 0.05) is 4.47 Å². The van der Waals surface area contributed by atoms with Crippen LogP contribution in [0.1, 0.15) is 22.7 Å². The summed E-state index contributed by atoms with van der Waals surface area (Å²) in [5.41, 5.74) is 4.74. The molecule has 106 valence electrons. The maximum Gasteiger partial charge on any atom is 0.126 e. The molecule has 0 aromatic heterocycles. The Morgan fingerprint density at radius 1 is 1.20 bits per heavy atom. The molecule has 2 aromatic carbocycles. The summed E-state index contributed by atoms with van der Waals surface area (Å²) in [5.74, 6) is 4.94. The summed E-state index contributed by atoms with van der Waals surface area (Å²) in [5, 5.41) is 0. The summed E-state index contributed by atoms with van der Waals surface area (Å²) in [4.78, 5) is 0. The fraction of sp³-hybridized carbons (Fsp3) is 0.200. The molecular formula is C15H15BrF2N2. The molecule has 20 heavy (non-hydrogen) atoms. The van der Waals surface area contributed by atoms with Crippen molar-refractivity contribution in [1.29, 1.82) is 0 Å². The molecule has 0 heterocycles. The average Bonchev–Trinajstić information content (AvgIpc) is 2.38. The van der Waals surface area contributed by atoms with Gasteiger partial charge in [0.1, 0.15) is 11.6 Å². The van der Waals surface area contributed by atoms with Crippen LogP contribution >= 0.6 is 15.9 Å². The molecule has 0 aliphatic rings. The first-order valence-corrected chi connectivity index (χ1v) is 6.96. The Morgan fingerprint density at radius 3 is 2.55 bits per heavy atom. The monoisotopic (exact) mass is 340 g/mol. The lowest BCUT2D eigenvalue weighted by Gasteiger charge is -2.17. The number of hydrazine groups is 1. The summed E-state index contributed by atoms with van der Waals surface area (Å²) in [7, 11) is 0. The van der Waals surface area contributed by atoms with Gasteiger partial charge in [-0.2, -0.15) is 0 Å². The number of aryl methyl sites for hydroxylation is 1. The fourth-order valence-corrected chi connectivity index (χ4v) is 2.58. The van der Waals surface area contributed by atoms with Crippen LogP contribution in [0, 0.1) is 18.6 Å². The third kappa shape index (κ3) is 3.62. The molecule has 0 aliphatic carbocycles. The number of halogens is 3. The predicted octanol–water partition coefficient (Wildman–Crippen LogP) is 3.78. The highest BCUT2D eigenvalue weighted by atomic mass is 79.9. The Morgan fingerprint density at radius 2 is 1.95 bits per heavy atom. The summed E-state index contributed by atoms with van der Waals surface area (Å²) in [6.07, 6.45) is 0.468. The molecule has 2 nitrogen and oxygen atoms in total.